The third-order valence-electron chi connectivity index (χ3n) is 5.03. The highest BCUT2D eigenvalue weighted by molar-refractivity contribution is 6.42. The largest absolute Gasteiger partial charge is 0.481 e. The number of anilines is 2. The number of para-hydroxylation sites is 1. The lowest BCUT2D eigenvalue weighted by atomic mass is 10.1. The van der Waals surface area contributed by atoms with Crippen LogP contribution in [0.25, 0.3) is 0 Å². The van der Waals surface area contributed by atoms with Crippen molar-refractivity contribution in [2.24, 2.45) is 0 Å². The molecule has 3 rings (SSSR count). The van der Waals surface area contributed by atoms with Gasteiger partial charge in [0.2, 0.25) is 0 Å². The first-order valence-electron chi connectivity index (χ1n) is 10.3. The van der Waals surface area contributed by atoms with E-state index in [4.69, 9.17) is 39.5 Å². The highest BCUT2D eigenvalue weighted by Gasteiger charge is 2.18. The van der Waals surface area contributed by atoms with E-state index >= 15 is 0 Å². The molecular weight excluding hydrogens is 483 g/mol. The molecule has 0 aliphatic heterocycles. The zero-order valence-electron chi connectivity index (χ0n) is 18.3. The molecule has 2 amide bonds. The normalized spacial score (nSPS) is 11.6. The van der Waals surface area contributed by atoms with Crippen molar-refractivity contribution in [2.45, 2.75) is 33.3 Å². The van der Waals surface area contributed by atoms with Gasteiger partial charge >= 0.3 is 0 Å². The molecule has 0 aliphatic carbocycles. The third kappa shape index (κ3) is 6.20. The Hall–Kier alpha value is -2.73. The van der Waals surface area contributed by atoms with Crippen molar-refractivity contribution in [3.8, 4) is 5.75 Å². The predicted molar refractivity (Wildman–Crippen MR) is 135 cm³/mol. The van der Waals surface area contributed by atoms with Crippen LogP contribution in [-0.2, 0) is 11.2 Å². The van der Waals surface area contributed by atoms with E-state index in [-0.39, 0.29) is 21.6 Å². The molecule has 0 aliphatic rings. The van der Waals surface area contributed by atoms with Crippen molar-refractivity contribution >= 4 is 58.0 Å². The number of hydrogen-bond acceptors (Lipinski definition) is 3. The van der Waals surface area contributed by atoms with Crippen LogP contribution in [-0.4, -0.2) is 17.9 Å². The minimum Gasteiger partial charge on any atom is -0.481 e. The van der Waals surface area contributed by atoms with Crippen LogP contribution >= 0.6 is 34.8 Å². The molecule has 0 saturated carbocycles. The minimum atomic E-state index is -0.735. The Morgan fingerprint density at radius 2 is 1.58 bits per heavy atom. The van der Waals surface area contributed by atoms with E-state index < -0.39 is 12.0 Å². The Bertz CT molecular complexity index is 1160. The second-order valence-corrected chi connectivity index (χ2v) is 8.69. The maximum atomic E-state index is 12.7. The zero-order chi connectivity index (χ0) is 24.1. The van der Waals surface area contributed by atoms with Gasteiger partial charge < -0.3 is 15.4 Å². The number of rotatable bonds is 7. The molecule has 0 radical (unpaired) electrons. The van der Waals surface area contributed by atoms with Gasteiger partial charge in [-0.2, -0.15) is 0 Å². The third-order valence-corrected chi connectivity index (χ3v) is 5.85. The van der Waals surface area contributed by atoms with Crippen LogP contribution in [0.5, 0.6) is 5.75 Å². The summed E-state index contributed by atoms with van der Waals surface area (Å²) in [4.78, 5) is 25.2. The Balaban J connectivity index is 1.64. The monoisotopic (exact) mass is 504 g/mol. The first-order chi connectivity index (χ1) is 15.7. The molecule has 0 spiro atoms. The summed E-state index contributed by atoms with van der Waals surface area (Å²) >= 11 is 18.1. The van der Waals surface area contributed by atoms with E-state index in [1.54, 1.807) is 31.2 Å². The molecular formula is C25H23Cl3N2O3. The van der Waals surface area contributed by atoms with E-state index in [1.165, 1.54) is 12.1 Å². The fourth-order valence-electron chi connectivity index (χ4n) is 3.22. The maximum Gasteiger partial charge on any atom is 0.265 e. The molecule has 33 heavy (non-hydrogen) atoms. The highest BCUT2D eigenvalue weighted by Crippen LogP contribution is 2.34. The molecule has 0 heterocycles. The number of ether oxygens (including phenoxy) is 1. The van der Waals surface area contributed by atoms with Crippen molar-refractivity contribution < 1.29 is 14.3 Å². The molecule has 3 aromatic rings. The number of hydrogen-bond donors (Lipinski definition) is 2. The van der Waals surface area contributed by atoms with Crippen LogP contribution in [0.15, 0.2) is 54.6 Å². The number of carbonyl (C=O) groups is 2. The van der Waals surface area contributed by atoms with Crippen molar-refractivity contribution in [3.05, 3.63) is 86.4 Å². The highest BCUT2D eigenvalue weighted by atomic mass is 35.5. The van der Waals surface area contributed by atoms with Crippen molar-refractivity contribution in [1.29, 1.82) is 0 Å². The predicted octanol–water partition coefficient (Wildman–Crippen LogP) is 7.18. The summed E-state index contributed by atoms with van der Waals surface area (Å²) in [6.45, 7) is 5.66. The number of benzene rings is 3. The molecule has 0 saturated heterocycles. The van der Waals surface area contributed by atoms with Crippen LogP contribution in [0, 0.1) is 6.92 Å². The quantitative estimate of drug-likeness (QED) is 0.357. The Morgan fingerprint density at radius 1 is 0.939 bits per heavy atom. The van der Waals surface area contributed by atoms with Gasteiger partial charge in [0, 0.05) is 16.3 Å². The van der Waals surface area contributed by atoms with Crippen molar-refractivity contribution in [3.63, 3.8) is 0 Å². The standard InChI is InChI=1S/C25H23Cl3N2O3/c1-4-16-7-5-6-14(2)22(16)29-24(31)15(3)33-19-10-8-17(9-11-19)25(32)30-23-20(27)12-18(26)13-21(23)28/h5-13,15H,4H2,1-3H3,(H,29,31)(H,30,32). The summed E-state index contributed by atoms with van der Waals surface area (Å²) in [6, 6.07) is 15.3. The fourth-order valence-corrected chi connectivity index (χ4v) is 4.13. The van der Waals surface area contributed by atoms with Crippen LogP contribution in [0.3, 0.4) is 0 Å². The summed E-state index contributed by atoms with van der Waals surface area (Å²) in [5, 5.41) is 6.48. The minimum absolute atomic E-state index is 0.237. The van der Waals surface area contributed by atoms with E-state index in [0.29, 0.717) is 16.3 Å². The molecule has 0 aromatic heterocycles. The van der Waals surface area contributed by atoms with Gasteiger partial charge in [0.25, 0.3) is 11.8 Å². The van der Waals surface area contributed by atoms with Crippen LogP contribution < -0.4 is 15.4 Å². The van der Waals surface area contributed by atoms with Gasteiger partial charge in [-0.15, -0.1) is 0 Å². The molecule has 0 bridgehead atoms. The van der Waals surface area contributed by atoms with Gasteiger partial charge in [-0.3, -0.25) is 9.59 Å². The summed E-state index contributed by atoms with van der Waals surface area (Å²) in [6.07, 6.45) is 0.0725. The second-order valence-electron chi connectivity index (χ2n) is 7.43. The van der Waals surface area contributed by atoms with Gasteiger partial charge in [0.15, 0.2) is 6.10 Å². The Morgan fingerprint density at radius 3 is 2.18 bits per heavy atom. The molecule has 5 nitrogen and oxygen atoms in total. The van der Waals surface area contributed by atoms with E-state index in [1.807, 2.05) is 32.0 Å². The summed E-state index contributed by atoms with van der Waals surface area (Å²) < 4.78 is 5.77. The molecule has 1 atom stereocenters. The van der Waals surface area contributed by atoms with E-state index in [2.05, 4.69) is 10.6 Å². The number of halogens is 3. The molecule has 8 heteroatoms. The lowest BCUT2D eigenvalue weighted by Crippen LogP contribution is -2.30. The van der Waals surface area contributed by atoms with Gasteiger partial charge in [0.1, 0.15) is 5.75 Å². The molecule has 0 fully saturated rings. The van der Waals surface area contributed by atoms with E-state index in [0.717, 1.165) is 23.2 Å². The van der Waals surface area contributed by atoms with E-state index in [9.17, 15) is 9.59 Å². The van der Waals surface area contributed by atoms with Crippen LogP contribution in [0.1, 0.15) is 35.3 Å². The first-order valence-corrected chi connectivity index (χ1v) is 11.4. The van der Waals surface area contributed by atoms with Crippen molar-refractivity contribution in [2.75, 3.05) is 10.6 Å². The zero-order valence-corrected chi connectivity index (χ0v) is 20.6. The number of aryl methyl sites for hydroxylation is 2. The average molecular weight is 506 g/mol. The van der Waals surface area contributed by atoms with Crippen molar-refractivity contribution in [1.82, 2.24) is 0 Å². The maximum absolute atomic E-state index is 12.7. The molecule has 172 valence electrons. The smallest absolute Gasteiger partial charge is 0.265 e. The SMILES string of the molecule is CCc1cccc(C)c1NC(=O)C(C)Oc1ccc(C(=O)Nc2c(Cl)cc(Cl)cc2Cl)cc1. The first kappa shape index (κ1) is 24.9. The second kappa shape index (κ2) is 10.9. The lowest BCUT2D eigenvalue weighted by molar-refractivity contribution is -0.122. The van der Waals surface area contributed by atoms with Gasteiger partial charge in [-0.25, -0.2) is 0 Å². The number of amides is 2. The van der Waals surface area contributed by atoms with Gasteiger partial charge in [-0.1, -0.05) is 59.9 Å². The summed E-state index contributed by atoms with van der Waals surface area (Å²) in [5.41, 5.74) is 3.51. The van der Waals surface area contributed by atoms with Crippen LogP contribution in [0.2, 0.25) is 15.1 Å². The summed E-state index contributed by atoms with van der Waals surface area (Å²) in [5.74, 6) is -0.199. The summed E-state index contributed by atoms with van der Waals surface area (Å²) in [7, 11) is 0. The number of carbonyl (C=O) groups excluding carboxylic acids is 2. The lowest BCUT2D eigenvalue weighted by Gasteiger charge is -2.18. The Labute approximate surface area is 208 Å². The molecule has 1 unspecified atom stereocenters. The Kier molecular flexibility index (Phi) is 8.25. The van der Waals surface area contributed by atoms with Crippen LogP contribution in [0.4, 0.5) is 11.4 Å². The fraction of sp³-hybridized carbons (Fsp3) is 0.200. The topological polar surface area (TPSA) is 67.4 Å². The van der Waals surface area contributed by atoms with Gasteiger partial charge in [0.05, 0.1) is 15.7 Å². The van der Waals surface area contributed by atoms with Gasteiger partial charge in [-0.05, 0) is 67.8 Å². The number of nitrogens with one attached hydrogen (secondary N) is 2. The molecule has 2 N–H and O–H groups in total. The average Bonchev–Trinajstić information content (AvgIpc) is 2.77. The molecule has 3 aromatic carbocycles.